The van der Waals surface area contributed by atoms with Gasteiger partial charge in [0.15, 0.2) is 5.69 Å². The fourth-order valence-corrected chi connectivity index (χ4v) is 3.70. The van der Waals surface area contributed by atoms with Crippen LogP contribution >= 0.6 is 11.6 Å². The van der Waals surface area contributed by atoms with Crippen LogP contribution in [0.25, 0.3) is 11.3 Å². The number of hydrogen-bond donors (Lipinski definition) is 2. The zero-order chi connectivity index (χ0) is 20.5. The molecule has 0 saturated carbocycles. The highest BCUT2D eigenvalue weighted by Crippen LogP contribution is 2.34. The fourth-order valence-electron chi connectivity index (χ4n) is 2.44. The molecule has 0 fully saturated rings. The Morgan fingerprint density at radius 3 is 2.32 bits per heavy atom. The first-order valence-corrected chi connectivity index (χ1v) is 9.71. The molecule has 3 rings (SSSR count). The maximum absolute atomic E-state index is 13.2. The molecule has 6 nitrogen and oxygen atoms in total. The van der Waals surface area contributed by atoms with Gasteiger partial charge in [0.05, 0.1) is 21.3 Å². The number of rotatable bonds is 5. The van der Waals surface area contributed by atoms with Crippen LogP contribution in [-0.2, 0) is 16.2 Å². The highest BCUT2D eigenvalue weighted by atomic mass is 35.5. The second-order valence-corrected chi connectivity index (χ2v) is 7.74. The number of halogens is 4. The summed E-state index contributed by atoms with van der Waals surface area (Å²) in [6, 6.07) is 12.5. The molecule has 11 heteroatoms. The maximum Gasteiger partial charge on any atom is 0.435 e. The summed E-state index contributed by atoms with van der Waals surface area (Å²) < 4.78 is 64.5. The largest absolute Gasteiger partial charge is 0.435 e. The third kappa shape index (κ3) is 4.07. The van der Waals surface area contributed by atoms with Gasteiger partial charge in [0.1, 0.15) is 0 Å². The van der Waals surface area contributed by atoms with Gasteiger partial charge in [-0.2, -0.15) is 31.2 Å². The van der Waals surface area contributed by atoms with Crippen molar-refractivity contribution in [1.82, 2.24) is 9.89 Å². The third-order valence-corrected chi connectivity index (χ3v) is 5.41. The molecule has 0 bridgehead atoms. The zero-order valence-corrected chi connectivity index (χ0v) is 15.9. The lowest BCUT2D eigenvalue weighted by Crippen LogP contribution is -2.25. The van der Waals surface area contributed by atoms with Crippen molar-refractivity contribution in [2.24, 2.45) is 0 Å². The van der Waals surface area contributed by atoms with Crippen LogP contribution in [0.3, 0.4) is 0 Å². The van der Waals surface area contributed by atoms with E-state index in [0.717, 1.165) is 6.07 Å². The van der Waals surface area contributed by atoms with Crippen LogP contribution in [0.4, 0.5) is 18.9 Å². The van der Waals surface area contributed by atoms with Crippen LogP contribution in [0, 0.1) is 0 Å². The molecule has 0 radical (unpaired) electrons. The molecule has 2 N–H and O–H groups in total. The van der Waals surface area contributed by atoms with Crippen molar-refractivity contribution in [1.29, 1.82) is 0 Å². The van der Waals surface area contributed by atoms with Crippen molar-refractivity contribution in [3.63, 3.8) is 0 Å². The van der Waals surface area contributed by atoms with E-state index in [0.29, 0.717) is 10.5 Å². The van der Waals surface area contributed by atoms with Crippen LogP contribution in [0.5, 0.6) is 0 Å². The monoisotopic (exact) mass is 430 g/mol. The molecule has 3 aromatic rings. The van der Waals surface area contributed by atoms with E-state index in [4.69, 9.17) is 11.6 Å². The first kappa shape index (κ1) is 20.0. The summed E-state index contributed by atoms with van der Waals surface area (Å²) in [7, 11) is -2.52. The standard InChI is InChI=1S/C17H14ClF3N4O2S/c1-22-14-8-7-11(9-13(14)18)15-10-16(17(19,20)21)23-25(15)24-28(26,27)12-5-3-2-4-6-12/h2-10,22,24H,1H3. The van der Waals surface area contributed by atoms with Gasteiger partial charge in [-0.15, -0.1) is 5.10 Å². The summed E-state index contributed by atoms with van der Waals surface area (Å²) >= 11 is 6.10. The number of benzene rings is 2. The molecule has 1 heterocycles. The second-order valence-electron chi connectivity index (χ2n) is 5.68. The minimum absolute atomic E-state index is 0.114. The summed E-state index contributed by atoms with van der Waals surface area (Å²) in [5.41, 5.74) is -0.538. The number of anilines is 1. The van der Waals surface area contributed by atoms with Gasteiger partial charge < -0.3 is 5.32 Å². The Hall–Kier alpha value is -2.72. The minimum Gasteiger partial charge on any atom is -0.387 e. The van der Waals surface area contributed by atoms with E-state index in [1.165, 1.54) is 36.4 Å². The summed E-state index contributed by atoms with van der Waals surface area (Å²) in [5.74, 6) is 0. The van der Waals surface area contributed by atoms with E-state index >= 15 is 0 Å². The molecule has 0 aliphatic heterocycles. The van der Waals surface area contributed by atoms with Gasteiger partial charge in [-0.25, -0.2) is 0 Å². The van der Waals surface area contributed by atoms with E-state index < -0.39 is 21.9 Å². The molecule has 2 aromatic carbocycles. The Bertz CT molecular complexity index is 1100. The first-order valence-electron chi connectivity index (χ1n) is 7.84. The number of sulfonamides is 1. The summed E-state index contributed by atoms with van der Waals surface area (Å²) in [4.78, 5) is 2.52. The van der Waals surface area contributed by atoms with Crippen LogP contribution in [0.1, 0.15) is 5.69 Å². The van der Waals surface area contributed by atoms with Gasteiger partial charge in [0.2, 0.25) is 0 Å². The van der Waals surface area contributed by atoms with E-state index in [1.807, 2.05) is 0 Å². The summed E-state index contributed by atoms with van der Waals surface area (Å²) in [6.07, 6.45) is -4.76. The average Bonchev–Trinajstić information content (AvgIpc) is 3.06. The molecule has 0 aliphatic carbocycles. The Kier molecular flexibility index (Phi) is 5.26. The van der Waals surface area contributed by atoms with Crippen LogP contribution in [0.2, 0.25) is 5.02 Å². The number of hydrogen-bond acceptors (Lipinski definition) is 4. The van der Waals surface area contributed by atoms with Crippen LogP contribution < -0.4 is 10.1 Å². The van der Waals surface area contributed by atoms with Crippen LogP contribution in [-0.4, -0.2) is 25.4 Å². The summed E-state index contributed by atoms with van der Waals surface area (Å²) in [5, 5.41) is 6.47. The van der Waals surface area contributed by atoms with Gasteiger partial charge in [-0.05, 0) is 30.3 Å². The van der Waals surface area contributed by atoms with Crippen molar-refractivity contribution in [2.75, 3.05) is 17.2 Å². The van der Waals surface area contributed by atoms with Crippen molar-refractivity contribution in [3.05, 3.63) is 65.3 Å². The Morgan fingerprint density at radius 2 is 1.75 bits per heavy atom. The minimum atomic E-state index is -4.76. The third-order valence-electron chi connectivity index (χ3n) is 3.79. The maximum atomic E-state index is 13.2. The van der Waals surface area contributed by atoms with E-state index in [1.54, 1.807) is 19.2 Å². The molecule has 0 atom stereocenters. The zero-order valence-electron chi connectivity index (χ0n) is 14.3. The molecule has 148 valence electrons. The lowest BCUT2D eigenvalue weighted by molar-refractivity contribution is -0.141. The highest BCUT2D eigenvalue weighted by Gasteiger charge is 2.35. The molecule has 0 saturated heterocycles. The Labute approximate surface area is 164 Å². The van der Waals surface area contributed by atoms with Crippen molar-refractivity contribution >= 4 is 27.3 Å². The lowest BCUT2D eigenvalue weighted by Gasteiger charge is -2.12. The molecule has 28 heavy (non-hydrogen) atoms. The molecule has 0 spiro atoms. The average molecular weight is 431 g/mol. The Morgan fingerprint density at radius 1 is 1.07 bits per heavy atom. The van der Waals surface area contributed by atoms with E-state index in [-0.39, 0.29) is 21.2 Å². The van der Waals surface area contributed by atoms with E-state index in [9.17, 15) is 21.6 Å². The summed E-state index contributed by atoms with van der Waals surface area (Å²) in [6.45, 7) is 0. The molecular formula is C17H14ClF3N4O2S. The number of alkyl halides is 3. The molecule has 0 unspecified atom stereocenters. The fraction of sp³-hybridized carbons (Fsp3) is 0.118. The van der Waals surface area contributed by atoms with Crippen molar-refractivity contribution in [2.45, 2.75) is 11.1 Å². The van der Waals surface area contributed by atoms with Crippen LogP contribution in [0.15, 0.2) is 59.5 Å². The highest BCUT2D eigenvalue weighted by molar-refractivity contribution is 7.92. The molecular weight excluding hydrogens is 417 g/mol. The quantitative estimate of drug-likeness (QED) is 0.636. The van der Waals surface area contributed by atoms with Crippen molar-refractivity contribution in [3.8, 4) is 11.3 Å². The normalized spacial score (nSPS) is 12.0. The predicted octanol–water partition coefficient (Wildman–Crippen LogP) is 4.20. The number of aromatic nitrogens is 2. The molecule has 0 amide bonds. The van der Waals surface area contributed by atoms with E-state index in [2.05, 4.69) is 15.2 Å². The number of nitrogens with one attached hydrogen (secondary N) is 2. The predicted molar refractivity (Wildman–Crippen MR) is 100 cm³/mol. The Balaban J connectivity index is 2.10. The topological polar surface area (TPSA) is 76.0 Å². The molecule has 1 aromatic heterocycles. The van der Waals surface area contributed by atoms with Gasteiger partial charge >= 0.3 is 6.18 Å². The van der Waals surface area contributed by atoms with Gasteiger partial charge in [0.25, 0.3) is 10.0 Å². The second kappa shape index (κ2) is 7.36. The smallest absolute Gasteiger partial charge is 0.387 e. The van der Waals surface area contributed by atoms with Gasteiger partial charge in [-0.3, -0.25) is 0 Å². The van der Waals surface area contributed by atoms with Gasteiger partial charge in [-0.1, -0.05) is 35.9 Å². The first-order chi connectivity index (χ1) is 13.1. The lowest BCUT2D eigenvalue weighted by atomic mass is 10.1. The molecule has 0 aliphatic rings. The number of nitrogens with zero attached hydrogens (tertiary/aromatic N) is 2. The van der Waals surface area contributed by atoms with Crippen molar-refractivity contribution < 1.29 is 21.6 Å². The SMILES string of the molecule is CNc1ccc(-c2cc(C(F)(F)F)nn2NS(=O)(=O)c2ccccc2)cc1Cl. The van der Waals surface area contributed by atoms with Gasteiger partial charge in [0, 0.05) is 12.6 Å².